The molecule has 120 valence electrons. The van der Waals surface area contributed by atoms with Gasteiger partial charge in [-0.25, -0.2) is 0 Å². The number of benzene rings is 2. The average molecular weight is 312 g/mol. The number of anilines is 1. The fourth-order valence-electron chi connectivity index (χ4n) is 2.75. The number of para-hydroxylation sites is 1. The van der Waals surface area contributed by atoms with E-state index in [1.807, 2.05) is 50.2 Å². The number of hydrogen-bond acceptors (Lipinski definition) is 4. The zero-order valence-corrected chi connectivity index (χ0v) is 13.5. The van der Waals surface area contributed by atoms with Crippen molar-refractivity contribution in [2.45, 2.75) is 20.0 Å². The van der Waals surface area contributed by atoms with E-state index >= 15 is 0 Å². The van der Waals surface area contributed by atoms with Crippen LogP contribution in [0.1, 0.15) is 34.6 Å². The minimum absolute atomic E-state index is 0.0822. The van der Waals surface area contributed by atoms with Crippen LogP contribution in [0, 0.1) is 6.92 Å². The molecule has 2 aromatic rings. The Morgan fingerprint density at radius 2 is 1.96 bits per heavy atom. The van der Waals surface area contributed by atoms with Crippen LogP contribution < -0.4 is 20.1 Å². The molecular formula is C18H20N2O3. The first-order valence-electron chi connectivity index (χ1n) is 7.61. The Bertz CT molecular complexity index is 743. The Morgan fingerprint density at radius 1 is 1.13 bits per heavy atom. The maximum absolute atomic E-state index is 12.3. The number of ether oxygens (including phenoxy) is 2. The second kappa shape index (κ2) is 6.20. The highest BCUT2D eigenvalue weighted by Crippen LogP contribution is 2.34. The van der Waals surface area contributed by atoms with Gasteiger partial charge in [0.15, 0.2) is 11.5 Å². The molecule has 0 saturated heterocycles. The van der Waals surface area contributed by atoms with Crippen LogP contribution in [0.4, 0.5) is 5.69 Å². The molecule has 5 nitrogen and oxygen atoms in total. The van der Waals surface area contributed by atoms with Gasteiger partial charge >= 0.3 is 0 Å². The number of amides is 1. The number of rotatable bonds is 4. The highest BCUT2D eigenvalue weighted by atomic mass is 16.5. The van der Waals surface area contributed by atoms with Crippen LogP contribution in [0.3, 0.4) is 0 Å². The minimum atomic E-state index is -0.304. The van der Waals surface area contributed by atoms with Gasteiger partial charge in [0.1, 0.15) is 6.17 Å². The molecule has 1 aliphatic rings. The lowest BCUT2D eigenvalue weighted by molar-refractivity contribution is 0.0935. The molecule has 0 bridgehead atoms. The van der Waals surface area contributed by atoms with E-state index in [0.717, 1.165) is 16.8 Å². The third-order valence-electron chi connectivity index (χ3n) is 3.90. The van der Waals surface area contributed by atoms with E-state index in [-0.39, 0.29) is 12.1 Å². The lowest BCUT2D eigenvalue weighted by Gasteiger charge is -2.29. The Hall–Kier alpha value is -2.69. The maximum Gasteiger partial charge on any atom is 0.255 e. The number of nitrogens with one attached hydrogen (secondary N) is 2. The Balaban J connectivity index is 1.96. The molecule has 23 heavy (non-hydrogen) atoms. The van der Waals surface area contributed by atoms with Gasteiger partial charge in [-0.3, -0.25) is 4.79 Å². The Kier molecular flexibility index (Phi) is 4.10. The van der Waals surface area contributed by atoms with Crippen molar-refractivity contribution in [2.75, 3.05) is 19.0 Å². The molecular weight excluding hydrogens is 292 g/mol. The number of aryl methyl sites for hydroxylation is 1. The van der Waals surface area contributed by atoms with Gasteiger partial charge in [-0.2, -0.15) is 0 Å². The van der Waals surface area contributed by atoms with Crippen LogP contribution in [-0.2, 0) is 0 Å². The molecule has 2 N–H and O–H groups in total. The zero-order chi connectivity index (χ0) is 16.4. The highest BCUT2D eigenvalue weighted by molar-refractivity contribution is 6.02. The quantitative estimate of drug-likeness (QED) is 0.910. The average Bonchev–Trinajstić information content (AvgIpc) is 2.56. The van der Waals surface area contributed by atoms with Crippen molar-refractivity contribution in [3.05, 3.63) is 53.1 Å². The summed E-state index contributed by atoms with van der Waals surface area (Å²) in [6, 6.07) is 11.4. The summed E-state index contributed by atoms with van der Waals surface area (Å²) in [5, 5.41) is 6.37. The standard InChI is InChI=1S/C18H20N2O3/c1-4-23-15-10-12(8-9-14(15)22-3)17-19-16-11(2)6-5-7-13(16)18(21)20-17/h5-10,17,19H,4H2,1-3H3,(H,20,21)/t17-/m1/s1. The first-order chi connectivity index (χ1) is 11.1. The van der Waals surface area contributed by atoms with Gasteiger partial charge in [0.2, 0.25) is 0 Å². The van der Waals surface area contributed by atoms with Gasteiger partial charge in [-0.05, 0) is 43.2 Å². The van der Waals surface area contributed by atoms with Gasteiger partial charge in [0.05, 0.1) is 25.0 Å². The van der Waals surface area contributed by atoms with Gasteiger partial charge < -0.3 is 20.1 Å². The molecule has 5 heteroatoms. The summed E-state index contributed by atoms with van der Waals surface area (Å²) in [6.45, 7) is 4.46. The van der Waals surface area contributed by atoms with Crippen LogP contribution in [0.2, 0.25) is 0 Å². The molecule has 3 rings (SSSR count). The molecule has 0 saturated carbocycles. The molecule has 1 atom stereocenters. The molecule has 0 unspecified atom stereocenters. The summed E-state index contributed by atoms with van der Waals surface area (Å²) in [6.07, 6.45) is -0.304. The van der Waals surface area contributed by atoms with Crippen molar-refractivity contribution in [1.29, 1.82) is 0 Å². The normalized spacial score (nSPS) is 16.1. The van der Waals surface area contributed by atoms with Crippen LogP contribution >= 0.6 is 0 Å². The number of carbonyl (C=O) groups excluding carboxylic acids is 1. The van der Waals surface area contributed by atoms with E-state index < -0.39 is 0 Å². The number of fused-ring (bicyclic) bond motifs is 1. The smallest absolute Gasteiger partial charge is 0.255 e. The molecule has 0 spiro atoms. The summed E-state index contributed by atoms with van der Waals surface area (Å²) in [4.78, 5) is 12.3. The van der Waals surface area contributed by atoms with Crippen LogP contribution in [0.15, 0.2) is 36.4 Å². The van der Waals surface area contributed by atoms with Gasteiger partial charge in [-0.1, -0.05) is 18.2 Å². The summed E-state index contributed by atoms with van der Waals surface area (Å²) in [7, 11) is 1.61. The molecule has 2 aromatic carbocycles. The summed E-state index contributed by atoms with van der Waals surface area (Å²) < 4.78 is 10.9. The molecule has 0 fully saturated rings. The third kappa shape index (κ3) is 2.82. The number of methoxy groups -OCH3 is 1. The van der Waals surface area contributed by atoms with E-state index in [4.69, 9.17) is 9.47 Å². The van der Waals surface area contributed by atoms with Crippen molar-refractivity contribution >= 4 is 11.6 Å². The molecule has 0 radical (unpaired) electrons. The van der Waals surface area contributed by atoms with Gasteiger partial charge in [-0.15, -0.1) is 0 Å². The van der Waals surface area contributed by atoms with Crippen molar-refractivity contribution in [3.8, 4) is 11.5 Å². The fraction of sp³-hybridized carbons (Fsp3) is 0.278. The zero-order valence-electron chi connectivity index (χ0n) is 13.5. The topological polar surface area (TPSA) is 59.6 Å². The predicted molar refractivity (Wildman–Crippen MR) is 89.2 cm³/mol. The second-order valence-electron chi connectivity index (χ2n) is 5.39. The maximum atomic E-state index is 12.3. The van der Waals surface area contributed by atoms with Gasteiger partial charge in [0, 0.05) is 0 Å². The molecule has 1 aliphatic heterocycles. The Labute approximate surface area is 135 Å². The van der Waals surface area contributed by atoms with Crippen molar-refractivity contribution in [1.82, 2.24) is 5.32 Å². The van der Waals surface area contributed by atoms with Crippen LogP contribution in [0.25, 0.3) is 0 Å². The second-order valence-corrected chi connectivity index (χ2v) is 5.39. The summed E-state index contributed by atoms with van der Waals surface area (Å²) in [5.74, 6) is 1.26. The number of carbonyl (C=O) groups is 1. The first-order valence-corrected chi connectivity index (χ1v) is 7.61. The molecule has 1 heterocycles. The van der Waals surface area contributed by atoms with Crippen molar-refractivity contribution in [3.63, 3.8) is 0 Å². The first kappa shape index (κ1) is 15.2. The molecule has 0 aromatic heterocycles. The lowest BCUT2D eigenvalue weighted by Crippen LogP contribution is -2.38. The Morgan fingerprint density at radius 3 is 2.70 bits per heavy atom. The third-order valence-corrected chi connectivity index (χ3v) is 3.90. The number of hydrogen-bond donors (Lipinski definition) is 2. The van der Waals surface area contributed by atoms with E-state index in [1.165, 1.54) is 0 Å². The van der Waals surface area contributed by atoms with Crippen LogP contribution in [0.5, 0.6) is 11.5 Å². The lowest BCUT2D eigenvalue weighted by atomic mass is 10.0. The monoisotopic (exact) mass is 312 g/mol. The van der Waals surface area contributed by atoms with E-state index in [9.17, 15) is 4.79 Å². The van der Waals surface area contributed by atoms with E-state index in [1.54, 1.807) is 7.11 Å². The van der Waals surface area contributed by atoms with Crippen molar-refractivity contribution < 1.29 is 14.3 Å². The SMILES string of the molecule is CCOc1cc([C@H]2NC(=O)c3cccc(C)c3N2)ccc1OC. The molecule has 1 amide bonds. The summed E-state index contributed by atoms with van der Waals surface area (Å²) >= 11 is 0. The fourth-order valence-corrected chi connectivity index (χ4v) is 2.75. The molecule has 0 aliphatic carbocycles. The predicted octanol–water partition coefficient (Wildman–Crippen LogP) is 3.26. The van der Waals surface area contributed by atoms with Crippen LogP contribution in [-0.4, -0.2) is 19.6 Å². The largest absolute Gasteiger partial charge is 0.493 e. The van der Waals surface area contributed by atoms with Crippen molar-refractivity contribution in [2.24, 2.45) is 0 Å². The highest BCUT2D eigenvalue weighted by Gasteiger charge is 2.26. The summed E-state index contributed by atoms with van der Waals surface area (Å²) in [5.41, 5.74) is 3.49. The van der Waals surface area contributed by atoms with E-state index in [0.29, 0.717) is 23.7 Å². The van der Waals surface area contributed by atoms with Gasteiger partial charge in [0.25, 0.3) is 5.91 Å². The minimum Gasteiger partial charge on any atom is -0.493 e. The van der Waals surface area contributed by atoms with E-state index in [2.05, 4.69) is 10.6 Å².